The van der Waals surface area contributed by atoms with E-state index in [4.69, 9.17) is 0 Å². The summed E-state index contributed by atoms with van der Waals surface area (Å²) in [6, 6.07) is 2.80. The van der Waals surface area contributed by atoms with Crippen LogP contribution in [0.3, 0.4) is 0 Å². The van der Waals surface area contributed by atoms with Gasteiger partial charge in [-0.1, -0.05) is 6.92 Å². The fourth-order valence-electron chi connectivity index (χ4n) is 2.73. The summed E-state index contributed by atoms with van der Waals surface area (Å²) in [5.41, 5.74) is -0.383. The van der Waals surface area contributed by atoms with Crippen LogP contribution in [0.25, 0.3) is 0 Å². The Bertz CT molecular complexity index is 282. The summed E-state index contributed by atoms with van der Waals surface area (Å²) in [5, 5.41) is 12.7. The highest BCUT2D eigenvalue weighted by atomic mass is 15.1. The van der Waals surface area contributed by atoms with E-state index in [1.54, 1.807) is 0 Å². The number of hydrogen-bond acceptors (Lipinski definition) is 3. The van der Waals surface area contributed by atoms with E-state index >= 15 is 0 Å². The molecule has 1 rings (SSSR count). The highest BCUT2D eigenvalue weighted by molar-refractivity contribution is 5.04. The van der Waals surface area contributed by atoms with Crippen molar-refractivity contribution in [2.75, 3.05) is 19.6 Å². The quantitative estimate of drug-likeness (QED) is 0.816. The zero-order chi connectivity index (χ0) is 13.6. The van der Waals surface area contributed by atoms with Crippen molar-refractivity contribution in [3.8, 4) is 6.07 Å². The molecule has 18 heavy (non-hydrogen) atoms. The van der Waals surface area contributed by atoms with Gasteiger partial charge in [0.2, 0.25) is 0 Å². The lowest BCUT2D eigenvalue weighted by atomic mass is 9.98. The van der Waals surface area contributed by atoms with E-state index in [2.05, 4.69) is 37.1 Å². The highest BCUT2D eigenvalue weighted by Gasteiger charge is 2.25. The Morgan fingerprint density at radius 3 is 2.72 bits per heavy atom. The maximum Gasteiger partial charge on any atom is 0.105 e. The summed E-state index contributed by atoms with van der Waals surface area (Å²) >= 11 is 0. The molecule has 0 spiro atoms. The van der Waals surface area contributed by atoms with Crippen molar-refractivity contribution in [2.24, 2.45) is 5.92 Å². The van der Waals surface area contributed by atoms with Gasteiger partial charge in [-0.15, -0.1) is 0 Å². The summed E-state index contributed by atoms with van der Waals surface area (Å²) in [6.07, 6.45) is 4.88. The van der Waals surface area contributed by atoms with Crippen molar-refractivity contribution in [1.29, 1.82) is 5.26 Å². The molecule has 0 bridgehead atoms. The molecular weight excluding hydrogens is 222 g/mol. The van der Waals surface area contributed by atoms with Gasteiger partial charge < -0.3 is 4.90 Å². The van der Waals surface area contributed by atoms with Gasteiger partial charge in [-0.25, -0.2) is 0 Å². The van der Waals surface area contributed by atoms with Gasteiger partial charge >= 0.3 is 0 Å². The largest absolute Gasteiger partial charge is 0.303 e. The Morgan fingerprint density at radius 2 is 2.11 bits per heavy atom. The van der Waals surface area contributed by atoms with E-state index in [1.165, 1.54) is 32.4 Å². The van der Waals surface area contributed by atoms with Crippen molar-refractivity contribution in [3.05, 3.63) is 0 Å². The molecule has 0 saturated carbocycles. The van der Waals surface area contributed by atoms with Crippen LogP contribution in [-0.4, -0.2) is 36.1 Å². The van der Waals surface area contributed by atoms with Gasteiger partial charge in [0.25, 0.3) is 0 Å². The average Bonchev–Trinajstić information content (AvgIpc) is 2.51. The van der Waals surface area contributed by atoms with Gasteiger partial charge in [-0.2, -0.15) is 5.26 Å². The molecule has 0 aromatic rings. The van der Waals surface area contributed by atoms with E-state index < -0.39 is 0 Å². The number of nitriles is 1. The standard InChI is InChI=1S/C15H29N3/c1-13(2)17-15(4,12-16)8-11-18-9-5-6-14(3)7-10-18/h13-14,17H,5-11H2,1-4H3. The third kappa shape index (κ3) is 5.37. The van der Waals surface area contributed by atoms with Crippen LogP contribution in [0.2, 0.25) is 0 Å². The van der Waals surface area contributed by atoms with Crippen LogP contribution in [0.15, 0.2) is 0 Å². The second-order valence-electron chi connectivity index (χ2n) is 6.37. The van der Waals surface area contributed by atoms with Gasteiger partial charge in [-0.3, -0.25) is 5.32 Å². The predicted molar refractivity (Wildman–Crippen MR) is 76.4 cm³/mol. The van der Waals surface area contributed by atoms with Crippen molar-refractivity contribution >= 4 is 0 Å². The third-order valence-electron chi connectivity index (χ3n) is 3.89. The molecule has 2 unspecified atom stereocenters. The molecular formula is C15H29N3. The van der Waals surface area contributed by atoms with E-state index in [0.717, 1.165) is 18.9 Å². The zero-order valence-electron chi connectivity index (χ0n) is 12.5. The van der Waals surface area contributed by atoms with Crippen LogP contribution in [0.5, 0.6) is 0 Å². The summed E-state index contributed by atoms with van der Waals surface area (Å²) < 4.78 is 0. The first-order chi connectivity index (χ1) is 8.45. The fourth-order valence-corrected chi connectivity index (χ4v) is 2.73. The van der Waals surface area contributed by atoms with Crippen LogP contribution >= 0.6 is 0 Å². The molecule has 104 valence electrons. The SMILES string of the molecule is CC1CCCN(CCC(C)(C#N)NC(C)C)CC1. The predicted octanol–water partition coefficient (Wildman–Crippen LogP) is 2.78. The van der Waals surface area contributed by atoms with Gasteiger partial charge in [0.15, 0.2) is 0 Å². The molecule has 1 N–H and O–H groups in total. The number of hydrogen-bond donors (Lipinski definition) is 1. The number of nitrogens with zero attached hydrogens (tertiary/aromatic N) is 2. The molecule has 1 aliphatic heterocycles. The maximum atomic E-state index is 9.33. The lowest BCUT2D eigenvalue weighted by Crippen LogP contribution is -2.47. The minimum absolute atomic E-state index is 0.360. The molecule has 3 nitrogen and oxygen atoms in total. The molecule has 0 aromatic carbocycles. The monoisotopic (exact) mass is 251 g/mol. The molecule has 1 heterocycles. The summed E-state index contributed by atoms with van der Waals surface area (Å²) in [6.45, 7) is 12.0. The Balaban J connectivity index is 2.40. The van der Waals surface area contributed by atoms with Gasteiger partial charge in [0.1, 0.15) is 5.54 Å². The zero-order valence-corrected chi connectivity index (χ0v) is 12.5. The van der Waals surface area contributed by atoms with Crippen LogP contribution in [-0.2, 0) is 0 Å². The smallest absolute Gasteiger partial charge is 0.105 e. The molecule has 1 saturated heterocycles. The maximum absolute atomic E-state index is 9.33. The molecule has 1 fully saturated rings. The Morgan fingerprint density at radius 1 is 1.39 bits per heavy atom. The number of nitrogens with one attached hydrogen (secondary N) is 1. The van der Waals surface area contributed by atoms with Crippen LogP contribution in [0.4, 0.5) is 0 Å². The summed E-state index contributed by atoms with van der Waals surface area (Å²) in [7, 11) is 0. The van der Waals surface area contributed by atoms with E-state index in [0.29, 0.717) is 6.04 Å². The second kappa shape index (κ2) is 7.11. The van der Waals surface area contributed by atoms with Crippen LogP contribution in [0, 0.1) is 17.2 Å². The Labute approximate surface area is 113 Å². The van der Waals surface area contributed by atoms with Crippen molar-refractivity contribution in [2.45, 2.75) is 65.0 Å². The van der Waals surface area contributed by atoms with Gasteiger partial charge in [-0.05, 0) is 65.5 Å². The molecule has 1 aliphatic rings. The minimum atomic E-state index is -0.383. The fraction of sp³-hybridized carbons (Fsp3) is 0.933. The van der Waals surface area contributed by atoms with Crippen molar-refractivity contribution < 1.29 is 0 Å². The van der Waals surface area contributed by atoms with Crippen molar-refractivity contribution in [1.82, 2.24) is 10.2 Å². The lowest BCUT2D eigenvalue weighted by Gasteiger charge is -2.29. The van der Waals surface area contributed by atoms with Crippen LogP contribution in [0.1, 0.15) is 53.4 Å². The van der Waals surface area contributed by atoms with E-state index in [-0.39, 0.29) is 5.54 Å². The second-order valence-corrected chi connectivity index (χ2v) is 6.37. The minimum Gasteiger partial charge on any atom is -0.303 e. The molecule has 0 aromatic heterocycles. The van der Waals surface area contributed by atoms with Crippen molar-refractivity contribution in [3.63, 3.8) is 0 Å². The first-order valence-electron chi connectivity index (χ1n) is 7.36. The molecule has 2 atom stereocenters. The topological polar surface area (TPSA) is 39.1 Å². The average molecular weight is 251 g/mol. The Hall–Kier alpha value is -0.590. The first-order valence-corrected chi connectivity index (χ1v) is 7.36. The molecule has 0 radical (unpaired) electrons. The number of rotatable bonds is 5. The highest BCUT2D eigenvalue weighted by Crippen LogP contribution is 2.18. The van der Waals surface area contributed by atoms with E-state index in [1.807, 2.05) is 6.92 Å². The van der Waals surface area contributed by atoms with Crippen LogP contribution < -0.4 is 5.32 Å². The molecule has 0 aliphatic carbocycles. The summed E-state index contributed by atoms with van der Waals surface area (Å²) in [4.78, 5) is 2.53. The third-order valence-corrected chi connectivity index (χ3v) is 3.89. The Kier molecular flexibility index (Phi) is 6.11. The van der Waals surface area contributed by atoms with Gasteiger partial charge in [0.05, 0.1) is 6.07 Å². The molecule has 3 heteroatoms. The van der Waals surface area contributed by atoms with E-state index in [9.17, 15) is 5.26 Å². The lowest BCUT2D eigenvalue weighted by molar-refractivity contribution is 0.246. The number of likely N-dealkylation sites (tertiary alicyclic amines) is 1. The molecule has 0 amide bonds. The first kappa shape index (κ1) is 15.5. The summed E-state index contributed by atoms with van der Waals surface area (Å²) in [5.74, 6) is 0.867. The normalized spacial score (nSPS) is 25.4. The van der Waals surface area contributed by atoms with Gasteiger partial charge in [0, 0.05) is 12.6 Å².